The topological polar surface area (TPSA) is 0 Å². The molecular formula is C24H28SiZr. The third kappa shape index (κ3) is 7.89. The first kappa shape index (κ1) is 24.6. The van der Waals surface area contributed by atoms with Crippen molar-refractivity contribution in [1.29, 1.82) is 0 Å². The quantitative estimate of drug-likeness (QED) is 0.210. The van der Waals surface area contributed by atoms with Gasteiger partial charge in [0.2, 0.25) is 0 Å². The number of rotatable bonds is 0. The molecule has 0 aromatic heterocycles. The van der Waals surface area contributed by atoms with E-state index in [4.69, 9.17) is 6.17 Å². The van der Waals surface area contributed by atoms with E-state index in [1.54, 1.807) is 0 Å². The first-order valence-electron chi connectivity index (χ1n) is 8.25. The van der Waals surface area contributed by atoms with Gasteiger partial charge in [-0.3, -0.25) is 0 Å². The smallest absolute Gasteiger partial charge is 0.527 e. The van der Waals surface area contributed by atoms with Crippen LogP contribution in [0, 0.1) is 21.3 Å². The van der Waals surface area contributed by atoms with E-state index in [2.05, 4.69) is 86.6 Å². The van der Waals surface area contributed by atoms with Crippen molar-refractivity contribution in [2.24, 2.45) is 0 Å². The first-order valence-corrected chi connectivity index (χ1v) is 10.8. The molecule has 4 rings (SSSR count). The Bertz CT molecular complexity index is 785. The zero-order valence-electron chi connectivity index (χ0n) is 16.5. The molecule has 0 N–H and O–H groups in total. The van der Waals surface area contributed by atoms with Gasteiger partial charge in [0.25, 0.3) is 0 Å². The summed E-state index contributed by atoms with van der Waals surface area (Å²) in [5.74, 6) is 0. The van der Waals surface area contributed by atoms with Crippen LogP contribution >= 0.6 is 0 Å². The first-order chi connectivity index (χ1) is 11.5. The van der Waals surface area contributed by atoms with Crippen molar-refractivity contribution in [2.45, 2.75) is 26.9 Å². The fraction of sp³-hybridized carbons (Fsp3) is 0.167. The summed E-state index contributed by atoms with van der Waals surface area (Å²) in [6.07, 6.45) is 5.21. The van der Waals surface area contributed by atoms with E-state index in [1.807, 2.05) is 13.1 Å². The molecule has 0 amide bonds. The van der Waals surface area contributed by atoms with Crippen molar-refractivity contribution in [3.05, 3.63) is 91.3 Å². The Morgan fingerprint density at radius 2 is 1.04 bits per heavy atom. The van der Waals surface area contributed by atoms with Crippen LogP contribution in [-0.4, -0.2) is 14.6 Å². The van der Waals surface area contributed by atoms with Gasteiger partial charge < -0.3 is 13.6 Å². The number of fused-ring (bicyclic) bond motifs is 2. The zero-order chi connectivity index (χ0) is 17.5. The maximum atomic E-state index is 5.21. The Labute approximate surface area is 180 Å². The summed E-state index contributed by atoms with van der Waals surface area (Å²) in [5, 5.41) is 5.39. The average Bonchev–Trinajstić information content (AvgIpc) is 3.07. The van der Waals surface area contributed by atoms with Gasteiger partial charge in [0, 0.05) is 0 Å². The van der Waals surface area contributed by atoms with Crippen LogP contribution in [0.1, 0.15) is 11.1 Å². The zero-order valence-corrected chi connectivity index (χ0v) is 20.0. The molecule has 0 unspecified atom stereocenters. The van der Waals surface area contributed by atoms with Gasteiger partial charge in [0.05, 0.1) is 0 Å². The van der Waals surface area contributed by atoms with E-state index < -0.39 is 0 Å². The molecule has 0 nitrogen and oxygen atoms in total. The molecule has 0 saturated heterocycles. The van der Waals surface area contributed by atoms with Gasteiger partial charge >= 0.3 is 26.2 Å². The minimum Gasteiger partial charge on any atom is -0.527 e. The second-order valence-electron chi connectivity index (χ2n) is 6.40. The van der Waals surface area contributed by atoms with Crippen molar-refractivity contribution < 1.29 is 26.2 Å². The van der Waals surface area contributed by atoms with Crippen LogP contribution in [0.4, 0.5) is 0 Å². The fourth-order valence-electron chi connectivity index (χ4n) is 2.61. The van der Waals surface area contributed by atoms with E-state index in [0.717, 1.165) is 0 Å². The van der Waals surface area contributed by atoms with E-state index in [-0.39, 0.29) is 42.0 Å². The molecular weight excluding hydrogens is 408 g/mol. The molecule has 0 atom stereocenters. The van der Waals surface area contributed by atoms with E-state index in [0.29, 0.717) is 0 Å². The van der Waals surface area contributed by atoms with Crippen LogP contribution < -0.4 is 0 Å². The Kier molecular flexibility index (Phi) is 11.5. The molecule has 0 aliphatic carbocycles. The minimum atomic E-state index is -0.380. The number of benzene rings is 2. The van der Waals surface area contributed by atoms with Crippen molar-refractivity contribution in [3.8, 4) is 0 Å². The van der Waals surface area contributed by atoms with Crippen molar-refractivity contribution in [2.75, 3.05) is 0 Å². The summed E-state index contributed by atoms with van der Waals surface area (Å²) >= 11 is 0. The molecule has 4 aromatic carbocycles. The molecule has 0 heterocycles. The summed E-state index contributed by atoms with van der Waals surface area (Å²) in [7, 11) is -0.380. The van der Waals surface area contributed by atoms with Gasteiger partial charge in [0.15, 0.2) is 0 Å². The van der Waals surface area contributed by atoms with E-state index in [9.17, 15) is 0 Å². The number of aryl methyl sites for hydroxylation is 2. The van der Waals surface area contributed by atoms with Crippen molar-refractivity contribution >= 4 is 36.1 Å². The van der Waals surface area contributed by atoms with Gasteiger partial charge in [-0.1, -0.05) is 39.1 Å². The molecule has 132 valence electrons. The molecule has 0 aliphatic heterocycles. The summed E-state index contributed by atoms with van der Waals surface area (Å²) in [4.78, 5) is 0. The number of hydrogen-bond donors (Lipinski definition) is 0. The molecule has 0 aliphatic rings. The third-order valence-electron chi connectivity index (χ3n) is 3.52. The van der Waals surface area contributed by atoms with Gasteiger partial charge in [-0.2, -0.15) is 12.1 Å². The largest absolute Gasteiger partial charge is 4.00 e. The van der Waals surface area contributed by atoms with Crippen LogP contribution in [0.3, 0.4) is 0 Å². The van der Waals surface area contributed by atoms with Gasteiger partial charge in [-0.15, -0.1) is 81.2 Å². The summed E-state index contributed by atoms with van der Waals surface area (Å²) in [6, 6.07) is 25.7. The Hall–Kier alpha value is -1.37. The molecule has 2 heteroatoms. The Morgan fingerprint density at radius 1 is 0.731 bits per heavy atom. The molecule has 0 radical (unpaired) electrons. The van der Waals surface area contributed by atoms with Crippen LogP contribution in [0.2, 0.25) is 13.1 Å². The summed E-state index contributed by atoms with van der Waals surface area (Å²) < 4.78 is 0. The van der Waals surface area contributed by atoms with Gasteiger partial charge in [-0.25, -0.2) is 8.41 Å². The van der Waals surface area contributed by atoms with Crippen LogP contribution in [0.25, 0.3) is 21.5 Å². The summed E-state index contributed by atoms with van der Waals surface area (Å²) in [6.45, 7) is 8.34. The van der Waals surface area contributed by atoms with E-state index in [1.165, 1.54) is 32.7 Å². The van der Waals surface area contributed by atoms with Crippen molar-refractivity contribution in [3.63, 3.8) is 0 Å². The predicted molar refractivity (Wildman–Crippen MR) is 119 cm³/mol. The molecule has 0 saturated carbocycles. The predicted octanol–water partition coefficient (Wildman–Crippen LogP) is 6.81. The normalized spacial score (nSPS) is 9.08. The minimum absolute atomic E-state index is 0. The van der Waals surface area contributed by atoms with Crippen LogP contribution in [0.15, 0.2) is 72.8 Å². The van der Waals surface area contributed by atoms with Crippen LogP contribution in [0.5, 0.6) is 0 Å². The SMILES string of the molecule is Cc1cc2ccccc2[cH-]1.Cc1cc2ccccc2[cH-]1.[CH-]=[Si](C)C.[CH3-].[Zr+4]. The third-order valence-corrected chi connectivity index (χ3v) is 3.52. The van der Waals surface area contributed by atoms with Gasteiger partial charge in [-0.05, 0) is 0 Å². The van der Waals surface area contributed by atoms with Crippen molar-refractivity contribution in [1.82, 2.24) is 0 Å². The van der Waals surface area contributed by atoms with Crippen LogP contribution in [-0.2, 0) is 26.2 Å². The molecule has 0 fully saturated rings. The van der Waals surface area contributed by atoms with Gasteiger partial charge in [0.1, 0.15) is 0 Å². The number of hydrogen-bond acceptors (Lipinski definition) is 0. The maximum absolute atomic E-state index is 5.21. The molecule has 4 aromatic rings. The fourth-order valence-corrected chi connectivity index (χ4v) is 2.61. The molecule has 0 bridgehead atoms. The molecule has 26 heavy (non-hydrogen) atoms. The monoisotopic (exact) mass is 434 g/mol. The maximum Gasteiger partial charge on any atom is 4.00 e. The molecule has 0 spiro atoms. The standard InChI is InChI=1S/2C10H9.C3H7Si.CH3.Zr/c2*1-8-6-9-4-2-3-5-10(9)7-8;1-4(2)3;;/h2*2-7H,1H3;1H,2-3H3;1H3;/q4*-1;+4. The summed E-state index contributed by atoms with van der Waals surface area (Å²) in [5.41, 5.74) is 2.70. The Morgan fingerprint density at radius 3 is 1.35 bits per heavy atom. The average molecular weight is 436 g/mol. The van der Waals surface area contributed by atoms with E-state index >= 15 is 0 Å². The second kappa shape index (κ2) is 12.1. The Balaban J connectivity index is 0.000000378. The second-order valence-corrected chi connectivity index (χ2v) is 8.56.